The number of benzene rings is 3. The number of para-hydroxylation sites is 1. The normalized spacial score (nSPS) is 11.2. The molecule has 0 atom stereocenters. The van der Waals surface area contributed by atoms with Gasteiger partial charge >= 0.3 is 0 Å². The molecule has 3 aromatic carbocycles. The first-order valence-electron chi connectivity index (χ1n) is 10.5. The van der Waals surface area contributed by atoms with Crippen molar-refractivity contribution in [3.63, 3.8) is 0 Å². The highest BCUT2D eigenvalue weighted by Gasteiger charge is 2.27. The number of halogens is 1. The van der Waals surface area contributed by atoms with Gasteiger partial charge in [-0.2, -0.15) is 0 Å². The zero-order valence-corrected chi connectivity index (χ0v) is 20.4. The zero-order chi connectivity index (χ0) is 24.0. The van der Waals surface area contributed by atoms with Crippen LogP contribution in [0.4, 0.5) is 5.69 Å². The molecule has 0 unspecified atom stereocenters. The van der Waals surface area contributed by atoms with E-state index in [1.807, 2.05) is 45.0 Å². The van der Waals surface area contributed by atoms with E-state index in [0.29, 0.717) is 10.7 Å². The molecule has 0 radical (unpaired) electrons. The van der Waals surface area contributed by atoms with Crippen LogP contribution in [-0.4, -0.2) is 34.0 Å². The van der Waals surface area contributed by atoms with Gasteiger partial charge in [0.1, 0.15) is 18.9 Å². The number of anilines is 1. The second-order valence-corrected chi connectivity index (χ2v) is 9.99. The molecule has 0 aromatic heterocycles. The summed E-state index contributed by atoms with van der Waals surface area (Å²) in [5.41, 5.74) is 3.06. The third-order valence-electron chi connectivity index (χ3n) is 5.11. The van der Waals surface area contributed by atoms with Crippen LogP contribution in [0.2, 0.25) is 5.02 Å². The average molecular weight is 487 g/mol. The molecular formula is C25H27ClN2O4S. The number of hydrogen-bond donors (Lipinski definition) is 1. The number of hydrogen-bond acceptors (Lipinski definition) is 4. The lowest BCUT2D eigenvalue weighted by Crippen LogP contribution is -2.42. The van der Waals surface area contributed by atoms with E-state index in [1.165, 1.54) is 12.1 Å². The molecule has 0 saturated heterocycles. The van der Waals surface area contributed by atoms with Crippen molar-refractivity contribution < 1.29 is 17.9 Å². The van der Waals surface area contributed by atoms with Gasteiger partial charge in [-0.3, -0.25) is 9.10 Å². The van der Waals surface area contributed by atoms with Gasteiger partial charge in [-0.15, -0.1) is 0 Å². The molecule has 1 amide bonds. The summed E-state index contributed by atoms with van der Waals surface area (Å²) in [5.74, 6) is 0.292. The molecule has 6 nitrogen and oxygen atoms in total. The number of ether oxygens (including phenoxy) is 1. The zero-order valence-electron chi connectivity index (χ0n) is 18.8. The van der Waals surface area contributed by atoms with Gasteiger partial charge in [0.15, 0.2) is 0 Å². The number of carbonyl (C=O) groups excluding carboxylic acids is 1. The fourth-order valence-electron chi connectivity index (χ4n) is 3.15. The Balaban J connectivity index is 1.75. The van der Waals surface area contributed by atoms with Gasteiger partial charge in [0.2, 0.25) is 5.91 Å². The van der Waals surface area contributed by atoms with Gasteiger partial charge in [0, 0.05) is 5.02 Å². The maximum atomic E-state index is 13.4. The molecule has 0 spiro atoms. The van der Waals surface area contributed by atoms with Gasteiger partial charge < -0.3 is 10.1 Å². The number of nitrogens with one attached hydrogen (secondary N) is 1. The van der Waals surface area contributed by atoms with Crippen molar-refractivity contribution in [2.75, 3.05) is 24.0 Å². The molecule has 3 rings (SSSR count). The van der Waals surface area contributed by atoms with Crippen molar-refractivity contribution in [2.24, 2.45) is 0 Å². The number of aryl methyl sites for hydroxylation is 3. The quantitative estimate of drug-likeness (QED) is 0.446. The highest BCUT2D eigenvalue weighted by Crippen LogP contribution is 2.28. The summed E-state index contributed by atoms with van der Waals surface area (Å²) in [6.45, 7) is 5.75. The Kier molecular flexibility index (Phi) is 8.00. The lowest BCUT2D eigenvalue weighted by atomic mass is 10.2. The predicted octanol–water partition coefficient (Wildman–Crippen LogP) is 4.66. The van der Waals surface area contributed by atoms with Crippen LogP contribution in [0.3, 0.4) is 0 Å². The predicted molar refractivity (Wildman–Crippen MR) is 132 cm³/mol. The Morgan fingerprint density at radius 3 is 2.33 bits per heavy atom. The van der Waals surface area contributed by atoms with E-state index in [2.05, 4.69) is 5.32 Å². The fraction of sp³-hybridized carbons (Fsp3) is 0.240. The van der Waals surface area contributed by atoms with Crippen LogP contribution >= 0.6 is 11.6 Å². The van der Waals surface area contributed by atoms with Crippen molar-refractivity contribution >= 4 is 33.2 Å². The van der Waals surface area contributed by atoms with E-state index < -0.39 is 15.9 Å². The summed E-state index contributed by atoms with van der Waals surface area (Å²) in [7, 11) is -3.99. The third-order valence-corrected chi connectivity index (χ3v) is 7.31. The maximum absolute atomic E-state index is 13.4. The number of amides is 1. The molecule has 1 N–H and O–H groups in total. The summed E-state index contributed by atoms with van der Waals surface area (Å²) in [6.07, 6.45) is 0. The Morgan fingerprint density at radius 1 is 0.970 bits per heavy atom. The molecule has 0 aliphatic rings. The number of nitrogens with zero attached hydrogens (tertiary/aromatic N) is 1. The Morgan fingerprint density at radius 2 is 1.67 bits per heavy atom. The Hall–Kier alpha value is -3.03. The van der Waals surface area contributed by atoms with Crippen molar-refractivity contribution in [1.29, 1.82) is 0 Å². The molecule has 0 saturated carbocycles. The van der Waals surface area contributed by atoms with Crippen molar-refractivity contribution in [3.8, 4) is 5.75 Å². The number of rotatable bonds is 9. The van der Waals surface area contributed by atoms with E-state index in [0.717, 1.165) is 26.7 Å². The van der Waals surface area contributed by atoms with Crippen molar-refractivity contribution in [3.05, 3.63) is 88.4 Å². The lowest BCUT2D eigenvalue weighted by Gasteiger charge is -2.24. The van der Waals surface area contributed by atoms with Crippen LogP contribution in [0, 0.1) is 20.8 Å². The molecule has 0 bridgehead atoms. The van der Waals surface area contributed by atoms with Crippen LogP contribution in [0.25, 0.3) is 0 Å². The highest BCUT2D eigenvalue weighted by atomic mass is 35.5. The largest absolute Gasteiger partial charge is 0.491 e. The van der Waals surface area contributed by atoms with Crippen LogP contribution in [0.1, 0.15) is 16.7 Å². The van der Waals surface area contributed by atoms with E-state index in [4.69, 9.17) is 16.3 Å². The lowest BCUT2D eigenvalue weighted by molar-refractivity contribution is -0.119. The summed E-state index contributed by atoms with van der Waals surface area (Å²) in [6, 6.07) is 19.0. The second kappa shape index (κ2) is 10.7. The Labute approximate surface area is 200 Å². The summed E-state index contributed by atoms with van der Waals surface area (Å²) < 4.78 is 33.6. The molecule has 33 heavy (non-hydrogen) atoms. The molecule has 0 aliphatic carbocycles. The van der Waals surface area contributed by atoms with Crippen LogP contribution in [0.15, 0.2) is 71.6 Å². The second-order valence-electron chi connectivity index (χ2n) is 7.72. The van der Waals surface area contributed by atoms with E-state index in [1.54, 1.807) is 30.3 Å². The summed E-state index contributed by atoms with van der Waals surface area (Å²) in [4.78, 5) is 12.8. The Bertz CT molecular complexity index is 1230. The van der Waals surface area contributed by atoms with Crippen LogP contribution in [0.5, 0.6) is 5.75 Å². The minimum absolute atomic E-state index is 0.0977. The smallest absolute Gasteiger partial charge is 0.264 e. The SMILES string of the molecule is Cc1ccc(S(=O)(=O)N(CC(=O)NCCOc2ccccc2C)c2ccc(C)c(Cl)c2)cc1. The molecule has 174 valence electrons. The van der Waals surface area contributed by atoms with E-state index >= 15 is 0 Å². The first-order valence-corrected chi connectivity index (χ1v) is 12.3. The first-order chi connectivity index (χ1) is 15.7. The highest BCUT2D eigenvalue weighted by molar-refractivity contribution is 7.92. The topological polar surface area (TPSA) is 75.7 Å². The fourth-order valence-corrected chi connectivity index (χ4v) is 4.73. The van der Waals surface area contributed by atoms with Crippen LogP contribution in [-0.2, 0) is 14.8 Å². The number of sulfonamides is 1. The molecule has 0 fully saturated rings. The molecule has 0 aliphatic heterocycles. The van der Waals surface area contributed by atoms with Gasteiger partial charge in [-0.05, 0) is 62.2 Å². The molecule has 0 heterocycles. The maximum Gasteiger partial charge on any atom is 0.264 e. The third kappa shape index (κ3) is 6.27. The molecule has 8 heteroatoms. The average Bonchev–Trinajstić information content (AvgIpc) is 2.78. The van der Waals surface area contributed by atoms with Crippen molar-refractivity contribution in [2.45, 2.75) is 25.7 Å². The van der Waals surface area contributed by atoms with Crippen LogP contribution < -0.4 is 14.4 Å². The summed E-state index contributed by atoms with van der Waals surface area (Å²) >= 11 is 6.25. The standard InChI is InChI=1S/C25H27ClN2O4S/c1-18-8-12-22(13-9-18)33(30,31)28(21-11-10-19(2)23(26)16-21)17-25(29)27-14-15-32-24-7-5-4-6-20(24)3/h4-13,16H,14-15,17H2,1-3H3,(H,27,29). The van der Waals surface area contributed by atoms with Crippen molar-refractivity contribution in [1.82, 2.24) is 5.32 Å². The minimum Gasteiger partial charge on any atom is -0.491 e. The monoisotopic (exact) mass is 486 g/mol. The van der Waals surface area contributed by atoms with Gasteiger partial charge in [0.05, 0.1) is 17.1 Å². The number of carbonyl (C=O) groups is 1. The summed E-state index contributed by atoms with van der Waals surface area (Å²) in [5, 5.41) is 3.15. The molecule has 3 aromatic rings. The minimum atomic E-state index is -3.99. The first kappa shape index (κ1) is 24.6. The van der Waals surface area contributed by atoms with E-state index in [-0.39, 0.29) is 24.6 Å². The van der Waals surface area contributed by atoms with E-state index in [9.17, 15) is 13.2 Å². The molecular weight excluding hydrogens is 460 g/mol. The van der Waals surface area contributed by atoms with Gasteiger partial charge in [0.25, 0.3) is 10.0 Å². The van der Waals surface area contributed by atoms with Gasteiger partial charge in [-0.25, -0.2) is 8.42 Å². The van der Waals surface area contributed by atoms with Gasteiger partial charge in [-0.1, -0.05) is 53.6 Å².